The van der Waals surface area contributed by atoms with Crippen LogP contribution in [0.5, 0.6) is 5.75 Å². The number of non-ortho nitro benzene ring substituents is 1. The van der Waals surface area contributed by atoms with Gasteiger partial charge in [-0.05, 0) is 30.7 Å². The van der Waals surface area contributed by atoms with E-state index in [9.17, 15) is 14.9 Å². The summed E-state index contributed by atoms with van der Waals surface area (Å²) in [6, 6.07) is 13.4. The Bertz CT molecular complexity index is 1130. The molecule has 138 valence electrons. The van der Waals surface area contributed by atoms with E-state index in [0.29, 0.717) is 34.2 Å². The fourth-order valence-electron chi connectivity index (χ4n) is 2.66. The summed E-state index contributed by atoms with van der Waals surface area (Å²) in [6.45, 7) is 6.33. The van der Waals surface area contributed by atoms with Crippen LogP contribution in [0.3, 0.4) is 0 Å². The highest BCUT2D eigenvalue weighted by atomic mass is 16.6. The van der Waals surface area contributed by atoms with Crippen LogP contribution in [0, 0.1) is 10.1 Å². The van der Waals surface area contributed by atoms with Crippen LogP contribution in [0.15, 0.2) is 53.3 Å². The second kappa shape index (κ2) is 7.74. The molecule has 3 rings (SSSR count). The quantitative estimate of drug-likeness (QED) is 0.535. The van der Waals surface area contributed by atoms with E-state index in [1.807, 2.05) is 25.1 Å². The minimum atomic E-state index is -0.481. The summed E-state index contributed by atoms with van der Waals surface area (Å²) in [5, 5.41) is 14.8. The molecule has 0 atom stereocenters. The monoisotopic (exact) mass is 365 g/mol. The van der Waals surface area contributed by atoms with Gasteiger partial charge in [-0.3, -0.25) is 20.0 Å². The van der Waals surface area contributed by atoms with Crippen molar-refractivity contribution in [2.75, 3.05) is 6.61 Å². The molecule has 0 spiro atoms. The van der Waals surface area contributed by atoms with Gasteiger partial charge in [-0.25, -0.2) is 4.68 Å². The number of nitrogens with zero attached hydrogens (tertiary/aromatic N) is 2. The SMILES string of the molecule is C=c1[nH]n(-c2ccccc2)c(=O)/c1=C\c1cc([N+](=O)[O-])ccc1OCCC. The summed E-state index contributed by atoms with van der Waals surface area (Å²) in [4.78, 5) is 23.5. The van der Waals surface area contributed by atoms with E-state index in [0.717, 1.165) is 6.42 Å². The van der Waals surface area contributed by atoms with Gasteiger partial charge in [-0.15, -0.1) is 0 Å². The topological polar surface area (TPSA) is 90.2 Å². The fraction of sp³-hybridized carbons (Fsp3) is 0.150. The molecule has 0 radical (unpaired) electrons. The van der Waals surface area contributed by atoms with Crippen molar-refractivity contribution in [2.45, 2.75) is 13.3 Å². The van der Waals surface area contributed by atoms with Crippen LogP contribution in [0.4, 0.5) is 5.69 Å². The van der Waals surface area contributed by atoms with Gasteiger partial charge in [0.2, 0.25) is 0 Å². The molecule has 7 heteroatoms. The summed E-state index contributed by atoms with van der Waals surface area (Å²) < 4.78 is 7.06. The zero-order chi connectivity index (χ0) is 19.4. The molecule has 0 fully saturated rings. The minimum Gasteiger partial charge on any atom is -0.493 e. The van der Waals surface area contributed by atoms with E-state index in [1.165, 1.54) is 16.8 Å². The molecule has 0 aliphatic carbocycles. The maximum absolute atomic E-state index is 12.8. The second-order valence-corrected chi connectivity index (χ2v) is 5.95. The first kappa shape index (κ1) is 18.2. The Morgan fingerprint density at radius 2 is 2.00 bits per heavy atom. The first-order chi connectivity index (χ1) is 13.0. The zero-order valence-electron chi connectivity index (χ0n) is 14.8. The van der Waals surface area contributed by atoms with Crippen molar-refractivity contribution in [2.24, 2.45) is 0 Å². The van der Waals surface area contributed by atoms with Crippen molar-refractivity contribution in [3.05, 3.63) is 85.1 Å². The fourth-order valence-corrected chi connectivity index (χ4v) is 2.66. The first-order valence-electron chi connectivity index (χ1n) is 8.49. The van der Waals surface area contributed by atoms with Gasteiger partial charge in [-0.2, -0.15) is 0 Å². The van der Waals surface area contributed by atoms with E-state index in [-0.39, 0.29) is 11.2 Å². The molecule has 0 saturated carbocycles. The van der Waals surface area contributed by atoms with Gasteiger partial charge in [-0.1, -0.05) is 31.7 Å². The van der Waals surface area contributed by atoms with Gasteiger partial charge in [0.1, 0.15) is 5.75 Å². The van der Waals surface area contributed by atoms with Gasteiger partial charge in [0.25, 0.3) is 11.2 Å². The van der Waals surface area contributed by atoms with Gasteiger partial charge < -0.3 is 4.74 Å². The smallest absolute Gasteiger partial charge is 0.279 e. The Morgan fingerprint density at radius 1 is 1.26 bits per heavy atom. The summed E-state index contributed by atoms with van der Waals surface area (Å²) >= 11 is 0. The normalized spacial score (nSPS) is 11.5. The zero-order valence-corrected chi connectivity index (χ0v) is 14.8. The van der Waals surface area contributed by atoms with Crippen molar-refractivity contribution in [3.63, 3.8) is 0 Å². The summed E-state index contributed by atoms with van der Waals surface area (Å²) in [7, 11) is 0. The number of aromatic nitrogens is 2. The molecule has 27 heavy (non-hydrogen) atoms. The maximum atomic E-state index is 12.8. The predicted octanol–water partition coefficient (Wildman–Crippen LogP) is 2.10. The van der Waals surface area contributed by atoms with E-state index in [1.54, 1.807) is 24.3 Å². The highest BCUT2D eigenvalue weighted by Crippen LogP contribution is 2.24. The van der Waals surface area contributed by atoms with E-state index >= 15 is 0 Å². The lowest BCUT2D eigenvalue weighted by Gasteiger charge is -2.07. The molecule has 7 nitrogen and oxygen atoms in total. The molecule has 1 N–H and O–H groups in total. The van der Waals surface area contributed by atoms with Crippen molar-refractivity contribution in [1.29, 1.82) is 0 Å². The number of rotatable bonds is 6. The molecule has 0 saturated heterocycles. The van der Waals surface area contributed by atoms with E-state index < -0.39 is 4.92 Å². The van der Waals surface area contributed by atoms with Crippen LogP contribution in [0.25, 0.3) is 18.3 Å². The second-order valence-electron chi connectivity index (χ2n) is 5.95. The number of benzene rings is 2. The molecular formula is C20H19N3O4. The number of nitro benzene ring substituents is 1. The molecule has 2 aromatic carbocycles. The summed E-state index contributed by atoms with van der Waals surface area (Å²) in [5.74, 6) is 0.480. The molecule has 0 amide bonds. The van der Waals surface area contributed by atoms with Crippen LogP contribution in [0.1, 0.15) is 18.9 Å². The third-order valence-electron chi connectivity index (χ3n) is 3.99. The Labute approximate surface area is 155 Å². The van der Waals surface area contributed by atoms with Gasteiger partial charge in [0.15, 0.2) is 0 Å². The van der Waals surface area contributed by atoms with E-state index in [2.05, 4.69) is 11.7 Å². The first-order valence-corrected chi connectivity index (χ1v) is 8.49. The van der Waals surface area contributed by atoms with Gasteiger partial charge in [0.05, 0.1) is 27.8 Å². The average molecular weight is 365 g/mol. The highest BCUT2D eigenvalue weighted by molar-refractivity contribution is 5.61. The molecule has 1 aromatic heterocycles. The van der Waals surface area contributed by atoms with Crippen LogP contribution in [0.2, 0.25) is 0 Å². The average Bonchev–Trinajstić information content (AvgIpc) is 2.95. The Kier molecular flexibility index (Phi) is 5.21. The maximum Gasteiger partial charge on any atom is 0.279 e. The van der Waals surface area contributed by atoms with Crippen molar-refractivity contribution >= 4 is 18.3 Å². The standard InChI is InChI=1S/C20H19N3O4/c1-3-11-27-19-10-9-17(23(25)26)12-15(19)13-18-14(2)21-22(20(18)24)16-7-5-4-6-8-16/h4-10,12-13,21H,2-3,11H2,1H3/b18-13-. The Morgan fingerprint density at radius 3 is 2.67 bits per heavy atom. The number of H-pyrrole nitrogens is 1. The van der Waals surface area contributed by atoms with Crippen LogP contribution < -0.4 is 20.9 Å². The van der Waals surface area contributed by atoms with Crippen molar-refractivity contribution in [3.8, 4) is 11.4 Å². The number of nitrogens with one attached hydrogen (secondary N) is 1. The Hall–Kier alpha value is -3.61. The highest BCUT2D eigenvalue weighted by Gasteiger charge is 2.12. The van der Waals surface area contributed by atoms with E-state index in [4.69, 9.17) is 4.74 Å². The van der Waals surface area contributed by atoms with Crippen LogP contribution >= 0.6 is 0 Å². The molecule has 0 aliphatic rings. The van der Waals surface area contributed by atoms with Crippen molar-refractivity contribution < 1.29 is 9.66 Å². The van der Waals surface area contributed by atoms with Gasteiger partial charge in [0, 0.05) is 17.7 Å². The van der Waals surface area contributed by atoms with Crippen LogP contribution in [-0.2, 0) is 0 Å². The summed E-state index contributed by atoms with van der Waals surface area (Å²) in [5.41, 5.74) is 0.765. The Balaban J connectivity index is 2.18. The summed E-state index contributed by atoms with van der Waals surface area (Å²) in [6.07, 6.45) is 2.36. The number of para-hydroxylation sites is 1. The largest absolute Gasteiger partial charge is 0.493 e. The molecule has 1 heterocycles. The predicted molar refractivity (Wildman–Crippen MR) is 104 cm³/mol. The lowest BCUT2D eigenvalue weighted by molar-refractivity contribution is -0.384. The molecule has 3 aromatic rings. The van der Waals surface area contributed by atoms with Crippen LogP contribution in [-0.4, -0.2) is 21.3 Å². The number of ether oxygens (including phenoxy) is 1. The lowest BCUT2D eigenvalue weighted by atomic mass is 10.1. The third kappa shape index (κ3) is 3.82. The molecule has 0 unspecified atom stereocenters. The molecule has 0 aliphatic heterocycles. The minimum absolute atomic E-state index is 0.0744. The number of aromatic amines is 1. The third-order valence-corrected chi connectivity index (χ3v) is 3.99. The van der Waals surface area contributed by atoms with Crippen molar-refractivity contribution in [1.82, 2.24) is 9.78 Å². The lowest BCUT2D eigenvalue weighted by Crippen LogP contribution is -2.34. The van der Waals surface area contributed by atoms with Gasteiger partial charge >= 0.3 is 0 Å². The number of hydrogen-bond acceptors (Lipinski definition) is 4. The number of nitro groups is 1. The number of hydrogen-bond donors (Lipinski definition) is 1. The molecular weight excluding hydrogens is 346 g/mol. The molecule has 0 bridgehead atoms.